The summed E-state index contributed by atoms with van der Waals surface area (Å²) < 4.78 is 4.78. The molecule has 1 aromatic heterocycles. The van der Waals surface area contributed by atoms with Crippen molar-refractivity contribution in [1.82, 2.24) is 10.3 Å². The minimum absolute atomic E-state index is 0.107. The van der Waals surface area contributed by atoms with E-state index >= 15 is 0 Å². The van der Waals surface area contributed by atoms with Gasteiger partial charge in [-0.1, -0.05) is 6.07 Å². The third-order valence-corrected chi connectivity index (χ3v) is 2.79. The van der Waals surface area contributed by atoms with E-state index in [9.17, 15) is 4.79 Å². The van der Waals surface area contributed by atoms with Gasteiger partial charge in [-0.05, 0) is 12.1 Å². The van der Waals surface area contributed by atoms with Crippen LogP contribution < -0.4 is 5.32 Å². The summed E-state index contributed by atoms with van der Waals surface area (Å²) in [6, 6.07) is 5.77. The van der Waals surface area contributed by atoms with Gasteiger partial charge in [0.15, 0.2) is 0 Å². The van der Waals surface area contributed by atoms with Crippen LogP contribution in [-0.4, -0.2) is 31.2 Å². The number of hydrogen-bond donors (Lipinski definition) is 1. The van der Waals surface area contributed by atoms with Crippen LogP contribution in [-0.2, 0) is 9.53 Å². The fourth-order valence-electron chi connectivity index (χ4n) is 1.98. The van der Waals surface area contributed by atoms with Crippen molar-refractivity contribution >= 4 is 5.97 Å². The number of hydrogen-bond acceptors (Lipinski definition) is 4. The fourth-order valence-corrected chi connectivity index (χ4v) is 1.98. The molecule has 0 aromatic carbocycles. The van der Waals surface area contributed by atoms with Crippen molar-refractivity contribution in [2.45, 2.75) is 5.92 Å². The van der Waals surface area contributed by atoms with Crippen molar-refractivity contribution in [2.24, 2.45) is 5.92 Å². The van der Waals surface area contributed by atoms with Gasteiger partial charge in [0.1, 0.15) is 0 Å². The molecule has 2 atom stereocenters. The van der Waals surface area contributed by atoms with Gasteiger partial charge in [0, 0.05) is 30.9 Å². The SMILES string of the molecule is COC(=O)[C@H]1CNC[C@@H]1c1ccccn1. The summed E-state index contributed by atoms with van der Waals surface area (Å²) >= 11 is 0. The highest BCUT2D eigenvalue weighted by Crippen LogP contribution is 2.27. The van der Waals surface area contributed by atoms with Gasteiger partial charge in [-0.2, -0.15) is 0 Å². The number of carbonyl (C=O) groups excluding carboxylic acids is 1. The lowest BCUT2D eigenvalue weighted by molar-refractivity contribution is -0.145. The van der Waals surface area contributed by atoms with Gasteiger partial charge in [0.25, 0.3) is 0 Å². The van der Waals surface area contributed by atoms with Crippen LogP contribution in [0.3, 0.4) is 0 Å². The monoisotopic (exact) mass is 206 g/mol. The predicted molar refractivity (Wildman–Crippen MR) is 55.4 cm³/mol. The third kappa shape index (κ3) is 1.99. The van der Waals surface area contributed by atoms with E-state index in [-0.39, 0.29) is 17.8 Å². The molecule has 4 nitrogen and oxygen atoms in total. The smallest absolute Gasteiger partial charge is 0.310 e. The molecule has 0 amide bonds. The van der Waals surface area contributed by atoms with Gasteiger partial charge in [0.2, 0.25) is 0 Å². The summed E-state index contributed by atoms with van der Waals surface area (Å²) in [6.45, 7) is 1.46. The average Bonchev–Trinajstić information content (AvgIpc) is 2.78. The maximum absolute atomic E-state index is 11.5. The highest BCUT2D eigenvalue weighted by molar-refractivity contribution is 5.74. The van der Waals surface area contributed by atoms with Gasteiger partial charge in [-0.3, -0.25) is 9.78 Å². The topological polar surface area (TPSA) is 51.2 Å². The number of rotatable bonds is 2. The molecule has 2 rings (SSSR count). The molecule has 4 heteroatoms. The lowest BCUT2D eigenvalue weighted by atomic mass is 9.92. The van der Waals surface area contributed by atoms with E-state index < -0.39 is 0 Å². The Morgan fingerprint density at radius 1 is 1.53 bits per heavy atom. The van der Waals surface area contributed by atoms with E-state index in [2.05, 4.69) is 10.3 Å². The Morgan fingerprint density at radius 3 is 3.07 bits per heavy atom. The summed E-state index contributed by atoms with van der Waals surface area (Å²) in [5.74, 6) is -0.126. The largest absolute Gasteiger partial charge is 0.469 e. The average molecular weight is 206 g/mol. The maximum Gasteiger partial charge on any atom is 0.310 e. The van der Waals surface area contributed by atoms with Gasteiger partial charge in [0.05, 0.1) is 13.0 Å². The molecule has 15 heavy (non-hydrogen) atoms. The Morgan fingerprint density at radius 2 is 2.40 bits per heavy atom. The molecular weight excluding hydrogens is 192 g/mol. The van der Waals surface area contributed by atoms with Gasteiger partial charge >= 0.3 is 5.97 Å². The highest BCUT2D eigenvalue weighted by atomic mass is 16.5. The number of nitrogens with one attached hydrogen (secondary N) is 1. The minimum atomic E-state index is -0.157. The second kappa shape index (κ2) is 4.40. The molecule has 1 saturated heterocycles. The molecule has 1 aromatic rings. The van der Waals surface area contributed by atoms with Crippen molar-refractivity contribution in [3.63, 3.8) is 0 Å². The summed E-state index contributed by atoms with van der Waals surface area (Å²) in [7, 11) is 1.43. The van der Waals surface area contributed by atoms with Crippen molar-refractivity contribution in [3.8, 4) is 0 Å². The fraction of sp³-hybridized carbons (Fsp3) is 0.455. The minimum Gasteiger partial charge on any atom is -0.469 e. The summed E-state index contributed by atoms with van der Waals surface area (Å²) in [6.07, 6.45) is 1.75. The molecule has 1 aliphatic heterocycles. The highest BCUT2D eigenvalue weighted by Gasteiger charge is 2.35. The molecule has 1 fully saturated rings. The number of nitrogens with zero attached hydrogens (tertiary/aromatic N) is 1. The van der Waals surface area contributed by atoms with Crippen molar-refractivity contribution < 1.29 is 9.53 Å². The summed E-state index contributed by atoms with van der Waals surface area (Å²) in [5.41, 5.74) is 0.956. The maximum atomic E-state index is 11.5. The van der Waals surface area contributed by atoms with Crippen LogP contribution in [0, 0.1) is 5.92 Å². The van der Waals surface area contributed by atoms with Gasteiger partial charge in [-0.15, -0.1) is 0 Å². The van der Waals surface area contributed by atoms with E-state index in [1.165, 1.54) is 7.11 Å². The van der Waals surface area contributed by atoms with Crippen molar-refractivity contribution in [1.29, 1.82) is 0 Å². The van der Waals surface area contributed by atoms with Crippen molar-refractivity contribution in [3.05, 3.63) is 30.1 Å². The zero-order chi connectivity index (χ0) is 10.7. The summed E-state index contributed by atoms with van der Waals surface area (Å²) in [5, 5.41) is 3.20. The second-order valence-corrected chi connectivity index (χ2v) is 3.65. The van der Waals surface area contributed by atoms with E-state index in [0.717, 1.165) is 12.2 Å². The first kappa shape index (κ1) is 10.1. The Bertz CT molecular complexity index is 340. The Kier molecular flexibility index (Phi) is 2.97. The van der Waals surface area contributed by atoms with E-state index in [4.69, 9.17) is 4.74 Å². The molecule has 0 unspecified atom stereocenters. The quantitative estimate of drug-likeness (QED) is 0.718. The number of aromatic nitrogens is 1. The van der Waals surface area contributed by atoms with E-state index in [1.807, 2.05) is 18.2 Å². The second-order valence-electron chi connectivity index (χ2n) is 3.65. The van der Waals surface area contributed by atoms with Gasteiger partial charge < -0.3 is 10.1 Å². The third-order valence-electron chi connectivity index (χ3n) is 2.79. The predicted octanol–water partition coefficient (Wildman–Crippen LogP) is 0.558. The zero-order valence-electron chi connectivity index (χ0n) is 8.64. The molecule has 0 radical (unpaired) electrons. The standard InChI is InChI=1S/C11H14N2O2/c1-15-11(14)9-7-12-6-8(9)10-4-2-3-5-13-10/h2-5,8-9,12H,6-7H2,1H3/t8-,9-/m0/s1. The molecule has 2 heterocycles. The lowest BCUT2D eigenvalue weighted by Crippen LogP contribution is -2.23. The first-order valence-corrected chi connectivity index (χ1v) is 5.02. The Balaban J connectivity index is 2.18. The first-order valence-electron chi connectivity index (χ1n) is 5.02. The molecule has 0 spiro atoms. The van der Waals surface area contributed by atoms with Crippen LogP contribution in [0.2, 0.25) is 0 Å². The number of pyridine rings is 1. The number of methoxy groups -OCH3 is 1. The first-order chi connectivity index (χ1) is 7.33. The van der Waals surface area contributed by atoms with E-state index in [1.54, 1.807) is 6.20 Å². The van der Waals surface area contributed by atoms with Crippen molar-refractivity contribution in [2.75, 3.05) is 20.2 Å². The van der Waals surface area contributed by atoms with Crippen LogP contribution >= 0.6 is 0 Å². The molecule has 0 saturated carbocycles. The lowest BCUT2D eigenvalue weighted by Gasteiger charge is -2.15. The normalized spacial score (nSPS) is 25.1. The number of carbonyl (C=O) groups is 1. The van der Waals surface area contributed by atoms with Crippen LogP contribution in [0.5, 0.6) is 0 Å². The Labute approximate surface area is 88.7 Å². The molecule has 80 valence electrons. The number of ether oxygens (including phenoxy) is 1. The van der Waals surface area contributed by atoms with E-state index in [0.29, 0.717) is 6.54 Å². The van der Waals surface area contributed by atoms with Gasteiger partial charge in [-0.25, -0.2) is 0 Å². The Hall–Kier alpha value is -1.42. The summed E-state index contributed by atoms with van der Waals surface area (Å²) in [4.78, 5) is 15.8. The van der Waals surface area contributed by atoms with Crippen LogP contribution in [0.15, 0.2) is 24.4 Å². The zero-order valence-corrected chi connectivity index (χ0v) is 8.64. The molecule has 1 aliphatic rings. The van der Waals surface area contributed by atoms with Crippen LogP contribution in [0.25, 0.3) is 0 Å². The van der Waals surface area contributed by atoms with Crippen LogP contribution in [0.1, 0.15) is 11.6 Å². The molecule has 0 aliphatic carbocycles. The van der Waals surface area contributed by atoms with Crippen LogP contribution in [0.4, 0.5) is 0 Å². The molecular formula is C11H14N2O2. The number of esters is 1. The molecule has 0 bridgehead atoms. The molecule has 1 N–H and O–H groups in total.